The molecule has 4 rings (SSSR count). The van der Waals surface area contributed by atoms with Crippen molar-refractivity contribution in [1.82, 2.24) is 9.97 Å². The second-order valence-corrected chi connectivity index (χ2v) is 12.4. The first-order chi connectivity index (χ1) is 18.5. The van der Waals surface area contributed by atoms with E-state index in [-0.39, 0.29) is 32.1 Å². The van der Waals surface area contributed by atoms with Gasteiger partial charge in [0.15, 0.2) is 0 Å². The first kappa shape index (κ1) is 28.0. The van der Waals surface area contributed by atoms with Crippen molar-refractivity contribution < 1.29 is 21.6 Å². The Bertz CT molecular complexity index is 1700. The smallest absolute Gasteiger partial charge is 0.264 e. The van der Waals surface area contributed by atoms with Gasteiger partial charge in [-0.05, 0) is 68.4 Å². The third-order valence-electron chi connectivity index (χ3n) is 5.40. The molecule has 0 radical (unpaired) electrons. The lowest BCUT2D eigenvalue weighted by atomic mass is 10.3. The third-order valence-corrected chi connectivity index (χ3v) is 8.83. The number of aromatic nitrogens is 2. The molecule has 0 saturated carbocycles. The monoisotopic (exact) mass is 585 g/mol. The number of carbonyl (C=O) groups excluding carboxylic acids is 1. The zero-order valence-corrected chi connectivity index (χ0v) is 23.3. The van der Waals surface area contributed by atoms with Gasteiger partial charge in [-0.3, -0.25) is 9.10 Å². The molecular weight excluding hydrogens is 562 g/mol. The zero-order valence-electron chi connectivity index (χ0n) is 20.9. The van der Waals surface area contributed by atoms with Gasteiger partial charge in [0.25, 0.3) is 20.0 Å². The molecule has 13 heteroatoms. The van der Waals surface area contributed by atoms with Crippen LogP contribution in [0.2, 0.25) is 5.02 Å². The average molecular weight is 586 g/mol. The molecule has 0 spiro atoms. The molecule has 1 heterocycles. The lowest BCUT2D eigenvalue weighted by Gasteiger charge is -2.25. The zero-order chi connectivity index (χ0) is 28.2. The molecule has 0 fully saturated rings. The standard InChI is InChI=1S/C26H24ClN5O5S2/c1-18-16-19(2)29-26(28-18)31-38(34,35)21-14-12-20(13-15-21)30-25(33)17-32(24-11-7-6-10-23(24)27)39(36,37)22-8-4-3-5-9-22/h3-16H,17H2,1-2H3,(H,30,33)(H,28,29,31). The van der Waals surface area contributed by atoms with Crippen molar-refractivity contribution in [1.29, 1.82) is 0 Å². The summed E-state index contributed by atoms with van der Waals surface area (Å²) in [6.45, 7) is 2.87. The molecular formula is C26H24ClN5O5S2. The van der Waals surface area contributed by atoms with E-state index in [1.165, 1.54) is 48.5 Å². The summed E-state index contributed by atoms with van der Waals surface area (Å²) in [5, 5.41) is 2.75. The molecule has 0 aliphatic rings. The Morgan fingerprint density at radius 1 is 0.821 bits per heavy atom. The average Bonchev–Trinajstić information content (AvgIpc) is 2.88. The number of benzene rings is 3. The first-order valence-electron chi connectivity index (χ1n) is 11.5. The van der Waals surface area contributed by atoms with E-state index in [0.717, 1.165) is 4.31 Å². The topological polar surface area (TPSA) is 138 Å². The largest absolute Gasteiger partial charge is 0.325 e. The quantitative estimate of drug-likeness (QED) is 0.297. The number of amides is 1. The van der Waals surface area contributed by atoms with Gasteiger partial charge in [-0.15, -0.1) is 0 Å². The molecule has 39 heavy (non-hydrogen) atoms. The van der Waals surface area contributed by atoms with Crippen LogP contribution in [-0.2, 0) is 24.8 Å². The van der Waals surface area contributed by atoms with E-state index in [1.807, 2.05) is 0 Å². The van der Waals surface area contributed by atoms with Crippen LogP contribution in [0.25, 0.3) is 0 Å². The van der Waals surface area contributed by atoms with Gasteiger partial charge in [0.1, 0.15) is 6.54 Å². The molecule has 0 atom stereocenters. The first-order valence-corrected chi connectivity index (χ1v) is 14.8. The summed E-state index contributed by atoms with van der Waals surface area (Å²) in [6, 6.07) is 21.1. The molecule has 4 aromatic rings. The fourth-order valence-electron chi connectivity index (χ4n) is 3.67. The van der Waals surface area contributed by atoms with E-state index in [1.54, 1.807) is 50.2 Å². The molecule has 0 aliphatic carbocycles. The molecule has 0 unspecified atom stereocenters. The van der Waals surface area contributed by atoms with Crippen LogP contribution >= 0.6 is 11.6 Å². The summed E-state index contributed by atoms with van der Waals surface area (Å²) >= 11 is 6.28. The van der Waals surface area contributed by atoms with Gasteiger partial charge >= 0.3 is 0 Å². The minimum atomic E-state index is -4.14. The molecule has 202 valence electrons. The highest BCUT2D eigenvalue weighted by molar-refractivity contribution is 7.93. The summed E-state index contributed by atoms with van der Waals surface area (Å²) in [5.41, 5.74) is 1.62. The van der Waals surface area contributed by atoms with E-state index < -0.39 is 32.5 Å². The number of anilines is 3. The van der Waals surface area contributed by atoms with E-state index in [9.17, 15) is 21.6 Å². The minimum Gasteiger partial charge on any atom is -0.325 e. The molecule has 0 saturated heterocycles. The number of para-hydroxylation sites is 1. The molecule has 3 aromatic carbocycles. The van der Waals surface area contributed by atoms with Crippen molar-refractivity contribution >= 4 is 54.9 Å². The number of sulfonamides is 2. The third kappa shape index (κ3) is 6.72. The van der Waals surface area contributed by atoms with Gasteiger partial charge in [0.05, 0.1) is 20.5 Å². The summed E-state index contributed by atoms with van der Waals surface area (Å²) in [7, 11) is -8.13. The Labute approximate surface area is 231 Å². The number of carbonyl (C=O) groups is 1. The molecule has 2 N–H and O–H groups in total. The van der Waals surface area contributed by atoms with Crippen molar-refractivity contribution in [3.63, 3.8) is 0 Å². The Morgan fingerprint density at radius 3 is 2.03 bits per heavy atom. The molecule has 1 aromatic heterocycles. The maximum Gasteiger partial charge on any atom is 0.264 e. The number of halogens is 1. The number of nitrogens with one attached hydrogen (secondary N) is 2. The number of aryl methyl sites for hydroxylation is 2. The lowest BCUT2D eigenvalue weighted by Crippen LogP contribution is -2.38. The normalized spacial score (nSPS) is 11.6. The lowest BCUT2D eigenvalue weighted by molar-refractivity contribution is -0.114. The number of hydrogen-bond donors (Lipinski definition) is 2. The molecule has 0 aliphatic heterocycles. The Morgan fingerprint density at radius 2 is 1.41 bits per heavy atom. The number of rotatable bonds is 9. The fraction of sp³-hybridized carbons (Fsp3) is 0.115. The van der Waals surface area contributed by atoms with Gasteiger partial charge in [0.2, 0.25) is 11.9 Å². The van der Waals surface area contributed by atoms with Gasteiger partial charge < -0.3 is 5.32 Å². The summed E-state index contributed by atoms with van der Waals surface area (Å²) in [4.78, 5) is 21.0. The predicted molar refractivity (Wildman–Crippen MR) is 150 cm³/mol. The van der Waals surface area contributed by atoms with Crippen LogP contribution in [0.15, 0.2) is 94.7 Å². The van der Waals surface area contributed by atoms with Gasteiger partial charge in [0, 0.05) is 17.1 Å². The van der Waals surface area contributed by atoms with Crippen molar-refractivity contribution in [3.05, 3.63) is 101 Å². The second-order valence-electron chi connectivity index (χ2n) is 8.43. The molecule has 10 nitrogen and oxygen atoms in total. The molecule has 1 amide bonds. The highest BCUT2D eigenvalue weighted by atomic mass is 35.5. The maximum absolute atomic E-state index is 13.4. The molecule has 0 bridgehead atoms. The summed E-state index contributed by atoms with van der Waals surface area (Å²) < 4.78 is 55.7. The summed E-state index contributed by atoms with van der Waals surface area (Å²) in [6.07, 6.45) is 0. The second kappa shape index (κ2) is 11.4. The van der Waals surface area contributed by atoms with Crippen LogP contribution < -0.4 is 14.3 Å². The van der Waals surface area contributed by atoms with Crippen LogP contribution in [0.5, 0.6) is 0 Å². The maximum atomic E-state index is 13.4. The van der Waals surface area contributed by atoms with Crippen LogP contribution in [0, 0.1) is 13.8 Å². The van der Waals surface area contributed by atoms with E-state index in [0.29, 0.717) is 11.4 Å². The van der Waals surface area contributed by atoms with Gasteiger partial charge in [-0.1, -0.05) is 41.9 Å². The Hall–Kier alpha value is -4.00. The Kier molecular flexibility index (Phi) is 8.19. The van der Waals surface area contributed by atoms with Crippen molar-refractivity contribution in [2.75, 3.05) is 20.9 Å². The van der Waals surface area contributed by atoms with Crippen molar-refractivity contribution in [3.8, 4) is 0 Å². The van der Waals surface area contributed by atoms with Gasteiger partial charge in [-0.25, -0.2) is 31.5 Å². The summed E-state index contributed by atoms with van der Waals surface area (Å²) in [5.74, 6) is -0.712. The van der Waals surface area contributed by atoms with Crippen LogP contribution in [0.3, 0.4) is 0 Å². The van der Waals surface area contributed by atoms with E-state index in [2.05, 4.69) is 20.0 Å². The van der Waals surface area contributed by atoms with E-state index in [4.69, 9.17) is 11.6 Å². The van der Waals surface area contributed by atoms with Crippen molar-refractivity contribution in [2.24, 2.45) is 0 Å². The van der Waals surface area contributed by atoms with Crippen LogP contribution in [0.4, 0.5) is 17.3 Å². The van der Waals surface area contributed by atoms with Crippen LogP contribution in [-0.4, -0.2) is 39.3 Å². The van der Waals surface area contributed by atoms with Gasteiger partial charge in [-0.2, -0.15) is 0 Å². The highest BCUT2D eigenvalue weighted by Crippen LogP contribution is 2.30. The Balaban J connectivity index is 1.53. The van der Waals surface area contributed by atoms with Crippen LogP contribution in [0.1, 0.15) is 11.4 Å². The number of hydrogen-bond acceptors (Lipinski definition) is 7. The highest BCUT2D eigenvalue weighted by Gasteiger charge is 2.28. The predicted octanol–water partition coefficient (Wildman–Crippen LogP) is 4.38. The fourth-order valence-corrected chi connectivity index (χ4v) is 6.37. The number of nitrogens with zero attached hydrogens (tertiary/aromatic N) is 3. The minimum absolute atomic E-state index is 0.00689. The van der Waals surface area contributed by atoms with E-state index >= 15 is 0 Å². The van der Waals surface area contributed by atoms with Crippen molar-refractivity contribution in [2.45, 2.75) is 23.6 Å². The SMILES string of the molecule is Cc1cc(C)nc(NS(=O)(=O)c2ccc(NC(=O)CN(c3ccccc3Cl)S(=O)(=O)c3ccccc3)cc2)n1.